The van der Waals surface area contributed by atoms with Crippen molar-refractivity contribution in [3.05, 3.63) is 17.0 Å². The molecule has 1 aromatic rings. The second kappa shape index (κ2) is 8.74. The molecule has 0 saturated heterocycles. The van der Waals surface area contributed by atoms with Crippen molar-refractivity contribution in [2.45, 2.75) is 31.0 Å². The van der Waals surface area contributed by atoms with E-state index in [4.69, 9.17) is 0 Å². The van der Waals surface area contributed by atoms with E-state index in [1.165, 1.54) is 11.3 Å². The largest absolute Gasteiger partial charge is 0.315 e. The van der Waals surface area contributed by atoms with E-state index < -0.39 is 10.0 Å². The molecule has 0 aromatic carbocycles. The average Bonchev–Trinajstić information content (AvgIpc) is 2.89. The smallest absolute Gasteiger partial charge is 0.250 e. The van der Waals surface area contributed by atoms with Crippen LogP contribution >= 0.6 is 11.3 Å². The maximum absolute atomic E-state index is 12.1. The van der Waals surface area contributed by atoms with Gasteiger partial charge in [0.15, 0.2) is 0 Å². The Labute approximate surface area is 126 Å². The Balaban J connectivity index is 2.44. The van der Waals surface area contributed by atoms with Crippen molar-refractivity contribution in [2.75, 3.05) is 33.2 Å². The summed E-state index contributed by atoms with van der Waals surface area (Å²) in [7, 11) is -1.50. The average molecular weight is 319 g/mol. The molecule has 0 unspecified atom stereocenters. The highest BCUT2D eigenvalue weighted by Gasteiger charge is 2.16. The zero-order valence-corrected chi connectivity index (χ0v) is 14.1. The van der Waals surface area contributed by atoms with Crippen LogP contribution in [0.25, 0.3) is 0 Å². The second-order valence-electron chi connectivity index (χ2n) is 4.53. The van der Waals surface area contributed by atoms with E-state index in [9.17, 15) is 8.42 Å². The molecule has 5 nitrogen and oxygen atoms in total. The molecule has 0 amide bonds. The molecular weight excluding hydrogens is 294 g/mol. The Morgan fingerprint density at radius 1 is 1.25 bits per heavy atom. The molecule has 1 heterocycles. The van der Waals surface area contributed by atoms with Crippen LogP contribution in [0.5, 0.6) is 0 Å². The lowest BCUT2D eigenvalue weighted by molar-refractivity contribution is 0.300. The number of thiophene rings is 1. The normalized spacial score (nSPS) is 12.2. The van der Waals surface area contributed by atoms with Crippen molar-refractivity contribution >= 4 is 21.4 Å². The Hall–Kier alpha value is -0.470. The molecule has 20 heavy (non-hydrogen) atoms. The van der Waals surface area contributed by atoms with Crippen molar-refractivity contribution in [3.63, 3.8) is 0 Å². The summed E-state index contributed by atoms with van der Waals surface area (Å²) < 4.78 is 27.3. The second-order valence-corrected chi connectivity index (χ2v) is 7.69. The SMILES string of the molecule is CCN(CC)CCCNS(=O)(=O)c1ccc(CNC)s1. The molecule has 0 fully saturated rings. The number of rotatable bonds is 10. The van der Waals surface area contributed by atoms with E-state index >= 15 is 0 Å². The van der Waals surface area contributed by atoms with Crippen molar-refractivity contribution in [1.82, 2.24) is 14.9 Å². The highest BCUT2D eigenvalue weighted by Crippen LogP contribution is 2.21. The van der Waals surface area contributed by atoms with E-state index in [0.29, 0.717) is 17.3 Å². The maximum atomic E-state index is 12.1. The molecule has 0 aliphatic heterocycles. The van der Waals surface area contributed by atoms with Gasteiger partial charge in [0.25, 0.3) is 0 Å². The van der Waals surface area contributed by atoms with Gasteiger partial charge in [-0.25, -0.2) is 13.1 Å². The number of hydrogen-bond acceptors (Lipinski definition) is 5. The quantitative estimate of drug-likeness (QED) is 0.641. The number of sulfonamides is 1. The van der Waals surface area contributed by atoms with Crippen LogP contribution in [-0.4, -0.2) is 46.5 Å². The number of nitrogens with one attached hydrogen (secondary N) is 2. The van der Waals surface area contributed by atoms with Gasteiger partial charge in [0.05, 0.1) is 0 Å². The van der Waals surface area contributed by atoms with Crippen molar-refractivity contribution in [3.8, 4) is 0 Å². The first-order chi connectivity index (χ1) is 9.53. The minimum Gasteiger partial charge on any atom is -0.315 e. The summed E-state index contributed by atoms with van der Waals surface area (Å²) in [4.78, 5) is 3.31. The highest BCUT2D eigenvalue weighted by molar-refractivity contribution is 7.91. The molecular formula is C13H25N3O2S2. The van der Waals surface area contributed by atoms with Gasteiger partial charge >= 0.3 is 0 Å². The summed E-state index contributed by atoms with van der Waals surface area (Å²) >= 11 is 1.31. The lowest BCUT2D eigenvalue weighted by atomic mass is 10.4. The fourth-order valence-electron chi connectivity index (χ4n) is 1.89. The maximum Gasteiger partial charge on any atom is 0.250 e. The van der Waals surface area contributed by atoms with Gasteiger partial charge in [-0.2, -0.15) is 0 Å². The van der Waals surface area contributed by atoms with E-state index in [2.05, 4.69) is 28.8 Å². The first kappa shape index (κ1) is 17.6. The molecule has 7 heteroatoms. The third kappa shape index (κ3) is 5.49. The van der Waals surface area contributed by atoms with Crippen LogP contribution in [0.15, 0.2) is 16.3 Å². The van der Waals surface area contributed by atoms with Crippen LogP contribution in [0.2, 0.25) is 0 Å². The predicted molar refractivity (Wildman–Crippen MR) is 84.7 cm³/mol. The summed E-state index contributed by atoms with van der Waals surface area (Å²) in [5.41, 5.74) is 0. The monoisotopic (exact) mass is 319 g/mol. The lowest BCUT2D eigenvalue weighted by Gasteiger charge is -2.17. The van der Waals surface area contributed by atoms with E-state index in [0.717, 1.165) is 30.9 Å². The molecule has 116 valence electrons. The third-order valence-electron chi connectivity index (χ3n) is 3.09. The van der Waals surface area contributed by atoms with E-state index in [1.54, 1.807) is 6.07 Å². The Kier molecular flexibility index (Phi) is 7.68. The predicted octanol–water partition coefficient (Wildman–Crippen LogP) is 1.48. The number of nitrogens with zero attached hydrogens (tertiary/aromatic N) is 1. The van der Waals surface area contributed by atoms with Crippen LogP contribution in [0.3, 0.4) is 0 Å². The van der Waals surface area contributed by atoms with Crippen LogP contribution in [0, 0.1) is 0 Å². The van der Waals surface area contributed by atoms with Crippen LogP contribution in [0.4, 0.5) is 0 Å². The van der Waals surface area contributed by atoms with Gasteiger partial charge in [-0.05, 0) is 45.2 Å². The zero-order valence-electron chi connectivity index (χ0n) is 12.5. The third-order valence-corrected chi connectivity index (χ3v) is 6.13. The Morgan fingerprint density at radius 3 is 2.55 bits per heavy atom. The molecule has 0 saturated carbocycles. The summed E-state index contributed by atoms with van der Waals surface area (Å²) in [6.07, 6.45) is 0.829. The summed E-state index contributed by atoms with van der Waals surface area (Å²) in [5, 5.41) is 3.02. The van der Waals surface area contributed by atoms with Gasteiger partial charge in [-0.1, -0.05) is 13.8 Å². The standard InChI is InChI=1S/C13H25N3O2S2/c1-4-16(5-2)10-6-9-15-20(17,18)13-8-7-12(19-13)11-14-3/h7-8,14-15H,4-6,9-11H2,1-3H3. The minimum atomic E-state index is -3.35. The van der Waals surface area contributed by atoms with Crippen LogP contribution in [0.1, 0.15) is 25.1 Å². The lowest BCUT2D eigenvalue weighted by Crippen LogP contribution is -2.29. The number of hydrogen-bond donors (Lipinski definition) is 2. The zero-order chi connectivity index (χ0) is 15.0. The van der Waals surface area contributed by atoms with E-state index in [-0.39, 0.29) is 0 Å². The van der Waals surface area contributed by atoms with Gasteiger partial charge in [0.1, 0.15) is 4.21 Å². The molecule has 1 aromatic heterocycles. The molecule has 0 aliphatic rings. The first-order valence-corrected chi connectivity index (χ1v) is 9.28. The molecule has 1 rings (SSSR count). The van der Waals surface area contributed by atoms with Crippen LogP contribution < -0.4 is 10.0 Å². The molecule has 0 radical (unpaired) electrons. The van der Waals surface area contributed by atoms with Crippen molar-refractivity contribution in [2.24, 2.45) is 0 Å². The van der Waals surface area contributed by atoms with Gasteiger partial charge in [-0.15, -0.1) is 11.3 Å². The van der Waals surface area contributed by atoms with Gasteiger partial charge in [0, 0.05) is 18.0 Å². The Morgan fingerprint density at radius 2 is 1.95 bits per heavy atom. The summed E-state index contributed by atoms with van der Waals surface area (Å²) in [6, 6.07) is 3.52. The molecule has 0 aliphatic carbocycles. The Bertz CT molecular complexity index is 482. The fourth-order valence-corrected chi connectivity index (χ4v) is 4.38. The van der Waals surface area contributed by atoms with Crippen molar-refractivity contribution < 1.29 is 8.42 Å². The molecule has 0 spiro atoms. The highest BCUT2D eigenvalue weighted by atomic mass is 32.2. The summed E-state index contributed by atoms with van der Waals surface area (Å²) in [5.74, 6) is 0. The van der Waals surface area contributed by atoms with Gasteiger partial charge < -0.3 is 10.2 Å². The van der Waals surface area contributed by atoms with Gasteiger partial charge in [0.2, 0.25) is 10.0 Å². The fraction of sp³-hybridized carbons (Fsp3) is 0.692. The topological polar surface area (TPSA) is 61.4 Å². The molecule has 2 N–H and O–H groups in total. The van der Waals surface area contributed by atoms with Gasteiger partial charge in [-0.3, -0.25) is 0 Å². The first-order valence-electron chi connectivity index (χ1n) is 6.98. The van der Waals surface area contributed by atoms with Crippen LogP contribution in [-0.2, 0) is 16.6 Å². The van der Waals surface area contributed by atoms with Crippen molar-refractivity contribution in [1.29, 1.82) is 0 Å². The van der Waals surface area contributed by atoms with E-state index in [1.807, 2.05) is 13.1 Å². The molecule has 0 bridgehead atoms. The minimum absolute atomic E-state index is 0.394. The summed E-state index contributed by atoms with van der Waals surface area (Å²) in [6.45, 7) is 8.33. The molecule has 0 atom stereocenters.